The first-order chi connectivity index (χ1) is 9.17. The molecule has 1 heterocycles. The Morgan fingerprint density at radius 3 is 2.70 bits per heavy atom. The normalized spacial score (nSPS) is 19.4. The summed E-state index contributed by atoms with van der Waals surface area (Å²) in [6.07, 6.45) is 3.14. The van der Waals surface area contributed by atoms with Crippen molar-refractivity contribution in [3.8, 4) is 0 Å². The van der Waals surface area contributed by atoms with Crippen LogP contribution in [0.25, 0.3) is 0 Å². The number of nitrogens with zero attached hydrogens (tertiary/aromatic N) is 3. The van der Waals surface area contributed by atoms with Gasteiger partial charge in [-0.1, -0.05) is 13.3 Å². The van der Waals surface area contributed by atoms with Crippen LogP contribution >= 0.6 is 24.0 Å². The molecule has 6 heteroatoms. The molecule has 2 N–H and O–H groups in total. The van der Waals surface area contributed by atoms with Crippen molar-refractivity contribution in [2.24, 2.45) is 4.99 Å². The number of guanidine groups is 1. The SMILES string of the molecule is CCCCN(C)CCN=C(NCC)N1CC[C@@H](O)C1.I. The molecule has 0 saturated carbocycles. The molecule has 20 heavy (non-hydrogen) atoms. The van der Waals surface area contributed by atoms with E-state index in [9.17, 15) is 5.11 Å². The van der Waals surface area contributed by atoms with Gasteiger partial charge in [-0.05, 0) is 33.4 Å². The van der Waals surface area contributed by atoms with Crippen LogP contribution in [0.15, 0.2) is 4.99 Å². The third kappa shape index (κ3) is 7.64. The van der Waals surface area contributed by atoms with Crippen LogP contribution in [-0.2, 0) is 0 Å². The molecule has 1 aliphatic heterocycles. The van der Waals surface area contributed by atoms with E-state index in [1.54, 1.807) is 0 Å². The smallest absolute Gasteiger partial charge is 0.194 e. The Hall–Kier alpha value is -0.0800. The molecule has 1 atom stereocenters. The number of hydrogen-bond acceptors (Lipinski definition) is 3. The number of rotatable bonds is 7. The number of aliphatic hydroxyl groups excluding tert-OH is 1. The number of unbranched alkanes of at least 4 members (excludes halogenated alkanes) is 1. The van der Waals surface area contributed by atoms with Crippen molar-refractivity contribution >= 4 is 29.9 Å². The van der Waals surface area contributed by atoms with E-state index in [0.717, 1.165) is 45.1 Å². The van der Waals surface area contributed by atoms with Gasteiger partial charge >= 0.3 is 0 Å². The van der Waals surface area contributed by atoms with Gasteiger partial charge in [0.25, 0.3) is 0 Å². The number of β-amino-alcohol motifs (C(OH)–C–C–N with tert-alkyl or cyclic N) is 1. The first kappa shape index (κ1) is 19.9. The molecular weight excluding hydrogens is 367 g/mol. The monoisotopic (exact) mass is 398 g/mol. The zero-order valence-electron chi connectivity index (χ0n) is 13.1. The van der Waals surface area contributed by atoms with Crippen molar-refractivity contribution in [2.75, 3.05) is 46.3 Å². The Kier molecular flexibility index (Phi) is 11.5. The number of aliphatic imine (C=N–C) groups is 1. The zero-order valence-corrected chi connectivity index (χ0v) is 15.5. The largest absolute Gasteiger partial charge is 0.391 e. The van der Waals surface area contributed by atoms with Gasteiger partial charge in [-0.15, -0.1) is 24.0 Å². The van der Waals surface area contributed by atoms with Gasteiger partial charge in [-0.2, -0.15) is 0 Å². The summed E-state index contributed by atoms with van der Waals surface area (Å²) in [4.78, 5) is 9.14. The van der Waals surface area contributed by atoms with Crippen LogP contribution in [0, 0.1) is 0 Å². The van der Waals surface area contributed by atoms with Crippen LogP contribution in [0.3, 0.4) is 0 Å². The molecule has 120 valence electrons. The van der Waals surface area contributed by atoms with E-state index in [2.05, 4.69) is 41.0 Å². The van der Waals surface area contributed by atoms with E-state index in [0.29, 0.717) is 6.54 Å². The molecule has 0 spiro atoms. The Morgan fingerprint density at radius 2 is 2.15 bits per heavy atom. The highest BCUT2D eigenvalue weighted by Gasteiger charge is 2.22. The molecule has 5 nitrogen and oxygen atoms in total. The molecule has 0 aromatic carbocycles. The minimum Gasteiger partial charge on any atom is -0.391 e. The quantitative estimate of drug-likeness (QED) is 0.387. The van der Waals surface area contributed by atoms with Crippen molar-refractivity contribution in [3.63, 3.8) is 0 Å². The van der Waals surface area contributed by atoms with Gasteiger partial charge in [0, 0.05) is 26.2 Å². The van der Waals surface area contributed by atoms with Crippen molar-refractivity contribution in [1.29, 1.82) is 0 Å². The first-order valence-corrected chi connectivity index (χ1v) is 7.57. The maximum absolute atomic E-state index is 9.59. The second kappa shape index (κ2) is 11.6. The van der Waals surface area contributed by atoms with E-state index >= 15 is 0 Å². The summed E-state index contributed by atoms with van der Waals surface area (Å²) >= 11 is 0. The summed E-state index contributed by atoms with van der Waals surface area (Å²) in [5.41, 5.74) is 0. The summed E-state index contributed by atoms with van der Waals surface area (Å²) < 4.78 is 0. The molecule has 1 saturated heterocycles. The molecule has 0 unspecified atom stereocenters. The minimum atomic E-state index is -0.198. The lowest BCUT2D eigenvalue weighted by Gasteiger charge is -2.21. The van der Waals surface area contributed by atoms with Crippen LogP contribution in [0.2, 0.25) is 0 Å². The third-order valence-electron chi connectivity index (χ3n) is 3.43. The van der Waals surface area contributed by atoms with Gasteiger partial charge in [0.15, 0.2) is 5.96 Å². The molecule has 0 radical (unpaired) electrons. The molecule has 0 aromatic heterocycles. The first-order valence-electron chi connectivity index (χ1n) is 7.57. The maximum atomic E-state index is 9.59. The Labute approximate surface area is 140 Å². The fourth-order valence-electron chi connectivity index (χ4n) is 2.23. The van der Waals surface area contributed by atoms with Crippen LogP contribution in [0.5, 0.6) is 0 Å². The summed E-state index contributed by atoms with van der Waals surface area (Å²) in [6, 6.07) is 0. The fourth-order valence-corrected chi connectivity index (χ4v) is 2.23. The molecular formula is C14H31IN4O. The van der Waals surface area contributed by atoms with Crippen molar-refractivity contribution in [3.05, 3.63) is 0 Å². The highest BCUT2D eigenvalue weighted by Crippen LogP contribution is 2.08. The maximum Gasteiger partial charge on any atom is 0.194 e. The highest BCUT2D eigenvalue weighted by molar-refractivity contribution is 14.0. The van der Waals surface area contributed by atoms with Gasteiger partial charge in [0.2, 0.25) is 0 Å². The molecule has 1 aliphatic rings. The second-order valence-corrected chi connectivity index (χ2v) is 5.28. The number of aliphatic hydroxyl groups is 1. The predicted molar refractivity (Wildman–Crippen MR) is 96.0 cm³/mol. The van der Waals surface area contributed by atoms with Crippen LogP contribution in [-0.4, -0.2) is 73.3 Å². The summed E-state index contributed by atoms with van der Waals surface area (Å²) in [6.45, 7) is 9.72. The Morgan fingerprint density at radius 1 is 1.40 bits per heavy atom. The van der Waals surface area contributed by atoms with Gasteiger partial charge < -0.3 is 20.2 Å². The van der Waals surface area contributed by atoms with Crippen LogP contribution in [0.4, 0.5) is 0 Å². The van der Waals surface area contributed by atoms with E-state index in [-0.39, 0.29) is 30.1 Å². The number of halogens is 1. The van der Waals surface area contributed by atoms with Crippen LogP contribution < -0.4 is 5.32 Å². The predicted octanol–water partition coefficient (Wildman–Crippen LogP) is 1.37. The molecule has 1 fully saturated rings. The molecule has 0 bridgehead atoms. The lowest BCUT2D eigenvalue weighted by atomic mass is 10.3. The summed E-state index contributed by atoms with van der Waals surface area (Å²) in [5, 5.41) is 12.9. The van der Waals surface area contributed by atoms with Gasteiger partial charge in [-0.3, -0.25) is 4.99 Å². The van der Waals surface area contributed by atoms with Crippen molar-refractivity contribution in [2.45, 2.75) is 39.2 Å². The average Bonchev–Trinajstić information content (AvgIpc) is 2.82. The molecule has 1 rings (SSSR count). The summed E-state index contributed by atoms with van der Waals surface area (Å²) in [7, 11) is 2.15. The topological polar surface area (TPSA) is 51.1 Å². The molecule has 0 aromatic rings. The lowest BCUT2D eigenvalue weighted by Crippen LogP contribution is -2.41. The second-order valence-electron chi connectivity index (χ2n) is 5.28. The average molecular weight is 398 g/mol. The fraction of sp³-hybridized carbons (Fsp3) is 0.929. The minimum absolute atomic E-state index is 0. The molecule has 0 amide bonds. The number of likely N-dealkylation sites (tertiary alicyclic amines) is 1. The highest BCUT2D eigenvalue weighted by atomic mass is 127. The van der Waals surface area contributed by atoms with Crippen molar-refractivity contribution in [1.82, 2.24) is 15.1 Å². The number of hydrogen-bond donors (Lipinski definition) is 2. The van der Waals surface area contributed by atoms with Crippen LogP contribution in [0.1, 0.15) is 33.1 Å². The Balaban J connectivity index is 0.00000361. The van der Waals surface area contributed by atoms with E-state index in [1.165, 1.54) is 12.8 Å². The van der Waals surface area contributed by atoms with E-state index in [1.807, 2.05) is 0 Å². The lowest BCUT2D eigenvalue weighted by molar-refractivity contribution is 0.187. The van der Waals surface area contributed by atoms with Gasteiger partial charge in [0.05, 0.1) is 12.6 Å². The zero-order chi connectivity index (χ0) is 14.1. The third-order valence-corrected chi connectivity index (χ3v) is 3.43. The van der Waals surface area contributed by atoms with Gasteiger partial charge in [-0.25, -0.2) is 0 Å². The number of likely N-dealkylation sites (N-methyl/N-ethyl adjacent to an activating group) is 1. The van der Waals surface area contributed by atoms with Gasteiger partial charge in [0.1, 0.15) is 0 Å². The standard InChI is InChI=1S/C14H30N4O.HI/c1-4-6-9-17(3)11-8-16-14(15-5-2)18-10-7-13(19)12-18;/h13,19H,4-12H2,1-3H3,(H,15,16);1H/t13-;/m1./s1. The van der Waals surface area contributed by atoms with E-state index < -0.39 is 0 Å². The Bertz CT molecular complexity index is 276. The van der Waals surface area contributed by atoms with Crippen molar-refractivity contribution < 1.29 is 5.11 Å². The molecule has 0 aliphatic carbocycles. The van der Waals surface area contributed by atoms with E-state index in [4.69, 9.17) is 0 Å². The summed E-state index contributed by atoms with van der Waals surface area (Å²) in [5.74, 6) is 0.947. The number of nitrogens with one attached hydrogen (secondary N) is 1.